The van der Waals surface area contributed by atoms with Crippen LogP contribution in [0.15, 0.2) is 116 Å². The Bertz CT molecular complexity index is 2650. The van der Waals surface area contributed by atoms with E-state index in [-0.39, 0.29) is 64.6 Å². The molecule has 0 bridgehead atoms. The highest BCUT2D eigenvalue weighted by molar-refractivity contribution is 5.85. The molecular formula is C47H42F6O11. The molecule has 0 radical (unpaired) electrons. The lowest BCUT2D eigenvalue weighted by Crippen LogP contribution is -2.43. The van der Waals surface area contributed by atoms with Gasteiger partial charge in [0.25, 0.3) is 0 Å². The zero-order chi connectivity index (χ0) is 46.8. The molecule has 0 amide bonds. The van der Waals surface area contributed by atoms with Crippen LogP contribution in [-0.2, 0) is 14.3 Å². The van der Waals surface area contributed by atoms with Crippen molar-refractivity contribution >= 4 is 27.9 Å². The Morgan fingerprint density at radius 3 is 1.47 bits per heavy atom. The third-order valence-electron chi connectivity index (χ3n) is 9.47. The molecule has 11 nitrogen and oxygen atoms in total. The molecule has 0 fully saturated rings. The van der Waals surface area contributed by atoms with E-state index in [0.29, 0.717) is 21.9 Å². The molecule has 0 aliphatic carbocycles. The summed E-state index contributed by atoms with van der Waals surface area (Å²) in [6.45, 7) is 13.2. The third-order valence-corrected chi connectivity index (χ3v) is 9.47. The SMILES string of the molecule is C=CC(=O)OC(C)(C)CC(C)(C)OC(COc1ccc2cc(-c3ccc(C)cc3OC(F)(F)F)c(=O)oc2c1)COc1ccc2cc(-c3ccc(C)cc3OC(F)(F)F)c(=O)oc2c1. The lowest BCUT2D eigenvalue weighted by Gasteiger charge is -2.36. The van der Waals surface area contributed by atoms with Gasteiger partial charge in [-0.3, -0.25) is 0 Å². The average molecular weight is 897 g/mol. The Morgan fingerprint density at radius 2 is 1.06 bits per heavy atom. The Kier molecular flexibility index (Phi) is 13.3. The predicted molar refractivity (Wildman–Crippen MR) is 224 cm³/mol. The summed E-state index contributed by atoms with van der Waals surface area (Å²) in [5.41, 5.74) is -3.25. The van der Waals surface area contributed by atoms with Gasteiger partial charge in [0.15, 0.2) is 0 Å². The van der Waals surface area contributed by atoms with Gasteiger partial charge in [-0.2, -0.15) is 0 Å². The monoisotopic (exact) mass is 896 g/mol. The van der Waals surface area contributed by atoms with Gasteiger partial charge in [0, 0.05) is 46.5 Å². The molecule has 0 spiro atoms. The molecule has 4 aromatic carbocycles. The van der Waals surface area contributed by atoms with Crippen molar-refractivity contribution in [2.45, 2.75) is 78.0 Å². The number of esters is 1. The van der Waals surface area contributed by atoms with E-state index in [4.69, 9.17) is 27.8 Å². The van der Waals surface area contributed by atoms with Crippen molar-refractivity contribution in [3.8, 4) is 45.3 Å². The van der Waals surface area contributed by atoms with Crippen LogP contribution in [0.3, 0.4) is 0 Å². The molecule has 338 valence electrons. The molecule has 64 heavy (non-hydrogen) atoms. The van der Waals surface area contributed by atoms with Crippen LogP contribution in [0.1, 0.15) is 45.2 Å². The maximum Gasteiger partial charge on any atom is 0.573 e. The van der Waals surface area contributed by atoms with E-state index in [0.717, 1.165) is 6.08 Å². The van der Waals surface area contributed by atoms with E-state index in [1.807, 2.05) is 0 Å². The van der Waals surface area contributed by atoms with Crippen molar-refractivity contribution in [1.82, 2.24) is 0 Å². The molecule has 17 heteroatoms. The highest BCUT2D eigenvalue weighted by atomic mass is 19.4. The first-order chi connectivity index (χ1) is 29.9. The first kappa shape index (κ1) is 46.7. The van der Waals surface area contributed by atoms with Gasteiger partial charge < -0.3 is 37.3 Å². The number of rotatable bonds is 16. The van der Waals surface area contributed by atoms with Crippen molar-refractivity contribution in [1.29, 1.82) is 0 Å². The quantitative estimate of drug-likeness (QED) is 0.0398. The number of halogens is 6. The molecule has 2 heterocycles. The van der Waals surface area contributed by atoms with Crippen molar-refractivity contribution in [3.05, 3.63) is 130 Å². The van der Waals surface area contributed by atoms with Crippen LogP contribution >= 0.6 is 0 Å². The summed E-state index contributed by atoms with van der Waals surface area (Å²) in [6.07, 6.45) is -9.61. The topological polar surface area (TPSA) is 133 Å². The number of carbonyl (C=O) groups excluding carboxylic acids is 1. The number of aryl methyl sites for hydroxylation is 2. The summed E-state index contributed by atoms with van der Waals surface area (Å²) >= 11 is 0. The summed E-state index contributed by atoms with van der Waals surface area (Å²) in [4.78, 5) is 38.4. The Hall–Kier alpha value is -6.75. The van der Waals surface area contributed by atoms with E-state index >= 15 is 0 Å². The molecule has 0 saturated carbocycles. The second-order valence-electron chi connectivity index (χ2n) is 16.1. The fourth-order valence-electron chi connectivity index (χ4n) is 7.22. The second-order valence-corrected chi connectivity index (χ2v) is 16.1. The average Bonchev–Trinajstić information content (AvgIpc) is 3.16. The first-order valence-electron chi connectivity index (χ1n) is 19.5. The van der Waals surface area contributed by atoms with Crippen LogP contribution in [0.5, 0.6) is 23.0 Å². The van der Waals surface area contributed by atoms with Crippen molar-refractivity contribution in [2.24, 2.45) is 0 Å². The van der Waals surface area contributed by atoms with Crippen molar-refractivity contribution in [2.75, 3.05) is 13.2 Å². The van der Waals surface area contributed by atoms with Gasteiger partial charge in [0.2, 0.25) is 0 Å². The zero-order valence-corrected chi connectivity index (χ0v) is 35.3. The number of benzene rings is 4. The minimum absolute atomic E-state index is 0.0729. The van der Waals surface area contributed by atoms with Crippen LogP contribution in [0.4, 0.5) is 26.3 Å². The van der Waals surface area contributed by atoms with E-state index < -0.39 is 58.8 Å². The number of hydrogen-bond acceptors (Lipinski definition) is 11. The summed E-state index contributed by atoms with van der Waals surface area (Å²) in [7, 11) is 0. The number of hydrogen-bond donors (Lipinski definition) is 0. The maximum absolute atomic E-state index is 13.2. The summed E-state index contributed by atoms with van der Waals surface area (Å²) in [5.74, 6) is -1.29. The molecule has 0 aliphatic rings. The fraction of sp³-hybridized carbons (Fsp3) is 0.298. The van der Waals surface area contributed by atoms with Crippen molar-refractivity contribution < 1.29 is 68.4 Å². The molecule has 6 rings (SSSR count). The number of fused-ring (bicyclic) bond motifs is 2. The van der Waals surface area contributed by atoms with Crippen LogP contribution in [0, 0.1) is 13.8 Å². The van der Waals surface area contributed by atoms with Crippen molar-refractivity contribution in [3.63, 3.8) is 0 Å². The van der Waals surface area contributed by atoms with Gasteiger partial charge in [-0.05, 0) is 101 Å². The lowest BCUT2D eigenvalue weighted by atomic mass is 9.92. The van der Waals surface area contributed by atoms with Crippen LogP contribution in [0.2, 0.25) is 0 Å². The fourth-order valence-corrected chi connectivity index (χ4v) is 7.22. The predicted octanol–water partition coefficient (Wildman–Crippen LogP) is 11.2. The lowest BCUT2D eigenvalue weighted by molar-refractivity contribution is -0.275. The van der Waals surface area contributed by atoms with Crippen LogP contribution < -0.4 is 30.2 Å². The van der Waals surface area contributed by atoms with Gasteiger partial charge in [0.05, 0.1) is 16.7 Å². The Balaban J connectivity index is 1.24. The zero-order valence-electron chi connectivity index (χ0n) is 35.3. The first-order valence-corrected chi connectivity index (χ1v) is 19.5. The maximum atomic E-state index is 13.2. The Labute approximate surface area is 361 Å². The Morgan fingerprint density at radius 1 is 0.625 bits per heavy atom. The van der Waals surface area contributed by atoms with Crippen LogP contribution in [0.25, 0.3) is 44.2 Å². The largest absolute Gasteiger partial charge is 0.573 e. The molecule has 0 aliphatic heterocycles. The molecule has 0 atom stereocenters. The van der Waals surface area contributed by atoms with Gasteiger partial charge in [-0.1, -0.05) is 30.8 Å². The van der Waals surface area contributed by atoms with E-state index in [2.05, 4.69) is 16.1 Å². The van der Waals surface area contributed by atoms with Gasteiger partial charge in [-0.15, -0.1) is 26.3 Å². The molecular weight excluding hydrogens is 854 g/mol. The molecule has 0 N–H and O–H groups in total. The standard InChI is InChI=1S/C47H42F6O11/c1-8-41(54)64-45(6,7)25-44(4,5)61-32(23-57-30-13-11-28-19-35(42(55)59-37(28)21-30)33-15-9-26(2)17-39(33)62-46(48,49)50)24-58-31-14-12-29-20-36(43(56)60-38(29)22-31)34-16-10-27(3)18-40(34)63-47(51,52)53/h8-22,32H,1,23-25H2,2-7H3. The molecule has 2 aromatic heterocycles. The van der Waals surface area contributed by atoms with E-state index in [9.17, 15) is 40.7 Å². The minimum atomic E-state index is -5.00. The minimum Gasteiger partial charge on any atom is -0.491 e. The number of alkyl halides is 6. The third kappa shape index (κ3) is 12.2. The highest BCUT2D eigenvalue weighted by Crippen LogP contribution is 2.37. The summed E-state index contributed by atoms with van der Waals surface area (Å²) in [6, 6.07) is 19.9. The van der Waals surface area contributed by atoms with E-state index in [1.54, 1.807) is 65.8 Å². The summed E-state index contributed by atoms with van der Waals surface area (Å²) < 4.78 is 123. The normalized spacial score (nSPS) is 12.4. The highest BCUT2D eigenvalue weighted by Gasteiger charge is 2.36. The van der Waals surface area contributed by atoms with E-state index in [1.165, 1.54) is 60.7 Å². The van der Waals surface area contributed by atoms with Gasteiger partial charge in [-0.25, -0.2) is 14.4 Å². The number of ether oxygens (including phenoxy) is 6. The van der Waals surface area contributed by atoms with Gasteiger partial charge >= 0.3 is 29.9 Å². The van der Waals surface area contributed by atoms with Gasteiger partial charge in [0.1, 0.15) is 59.1 Å². The molecule has 0 unspecified atom stereocenters. The number of carbonyl (C=O) groups is 1. The molecule has 0 saturated heterocycles. The summed E-state index contributed by atoms with van der Waals surface area (Å²) in [5, 5.41) is 0.746. The van der Waals surface area contributed by atoms with Crippen LogP contribution in [-0.4, -0.2) is 49.2 Å². The second kappa shape index (κ2) is 18.2. The molecule has 6 aromatic rings. The smallest absolute Gasteiger partial charge is 0.491 e.